The molecule has 0 radical (unpaired) electrons. The summed E-state index contributed by atoms with van der Waals surface area (Å²) in [6.07, 6.45) is -1.09. The molecule has 4 rings (SSSR count). The van der Waals surface area contributed by atoms with Gasteiger partial charge in [-0.15, -0.1) is 0 Å². The quantitative estimate of drug-likeness (QED) is 0.618. The van der Waals surface area contributed by atoms with Gasteiger partial charge in [-0.3, -0.25) is 0 Å². The Labute approximate surface area is 190 Å². The van der Waals surface area contributed by atoms with Gasteiger partial charge in [0.1, 0.15) is 11.9 Å². The van der Waals surface area contributed by atoms with Crippen LogP contribution in [0.3, 0.4) is 0 Å². The molecule has 7 heteroatoms. The van der Waals surface area contributed by atoms with Gasteiger partial charge in [-0.25, -0.2) is 9.18 Å². The zero-order valence-electron chi connectivity index (χ0n) is 17.8. The molecule has 1 aliphatic rings. The highest BCUT2D eigenvalue weighted by molar-refractivity contribution is 5.95. The molecule has 0 bridgehead atoms. The first-order chi connectivity index (χ1) is 15.9. The van der Waals surface area contributed by atoms with Gasteiger partial charge in [-0.1, -0.05) is 54.6 Å². The second-order valence-corrected chi connectivity index (χ2v) is 8.06. The number of benzene rings is 3. The molecule has 1 aliphatic heterocycles. The third-order valence-corrected chi connectivity index (χ3v) is 6.00. The summed E-state index contributed by atoms with van der Waals surface area (Å²) in [5.74, 6) is -1.38. The molecule has 3 aromatic carbocycles. The Balaban J connectivity index is 1.49. The maximum Gasteiger partial charge on any atom is 0.336 e. The largest absolute Gasteiger partial charge is 0.530 e. The van der Waals surface area contributed by atoms with E-state index in [2.05, 4.69) is 0 Å². The minimum absolute atomic E-state index is 0.0667. The van der Waals surface area contributed by atoms with Crippen LogP contribution < -0.4 is 5.11 Å². The first-order valence-corrected chi connectivity index (χ1v) is 10.7. The molecule has 1 saturated heterocycles. The van der Waals surface area contributed by atoms with Gasteiger partial charge in [0.2, 0.25) is 0 Å². The van der Waals surface area contributed by atoms with Gasteiger partial charge in [-0.2, -0.15) is 0 Å². The van der Waals surface area contributed by atoms with Crippen molar-refractivity contribution in [1.82, 2.24) is 4.90 Å². The number of carboxylic acid groups (broad SMARTS) is 2. The molecule has 1 heterocycles. The van der Waals surface area contributed by atoms with E-state index < -0.39 is 18.2 Å². The number of aromatic carboxylic acids is 1. The van der Waals surface area contributed by atoms with Gasteiger partial charge in [0.15, 0.2) is 0 Å². The zero-order chi connectivity index (χ0) is 23.4. The van der Waals surface area contributed by atoms with Crippen molar-refractivity contribution in [2.45, 2.75) is 25.0 Å². The van der Waals surface area contributed by atoms with Crippen LogP contribution in [0.15, 0.2) is 72.8 Å². The van der Waals surface area contributed by atoms with E-state index in [0.717, 1.165) is 16.7 Å². The van der Waals surface area contributed by atoms with Crippen molar-refractivity contribution in [3.8, 4) is 11.1 Å². The highest BCUT2D eigenvalue weighted by atomic mass is 19.1. The maximum absolute atomic E-state index is 13.4. The predicted molar refractivity (Wildman–Crippen MR) is 118 cm³/mol. The minimum Gasteiger partial charge on any atom is -0.530 e. The van der Waals surface area contributed by atoms with E-state index >= 15 is 0 Å². The van der Waals surface area contributed by atoms with E-state index in [-0.39, 0.29) is 30.5 Å². The van der Waals surface area contributed by atoms with Crippen LogP contribution in [0.4, 0.5) is 9.18 Å². The van der Waals surface area contributed by atoms with Crippen molar-refractivity contribution >= 4 is 12.1 Å². The molecule has 3 aromatic rings. The molecule has 0 aliphatic carbocycles. The second kappa shape index (κ2) is 9.83. The molecule has 2 atom stereocenters. The number of likely N-dealkylation sites (tertiary alicyclic amines) is 1. The maximum atomic E-state index is 13.4. The fourth-order valence-electron chi connectivity index (χ4n) is 4.25. The Morgan fingerprint density at radius 1 is 1.03 bits per heavy atom. The molecule has 2 unspecified atom stereocenters. The summed E-state index contributed by atoms with van der Waals surface area (Å²) in [4.78, 5) is 24.1. The number of amides is 1. The number of carbonyl (C=O) groups is 2. The summed E-state index contributed by atoms with van der Waals surface area (Å²) in [5, 5.41) is 20.8. The minimum atomic E-state index is -1.23. The van der Waals surface area contributed by atoms with Crippen molar-refractivity contribution < 1.29 is 28.9 Å². The number of halogens is 1. The summed E-state index contributed by atoms with van der Waals surface area (Å²) in [6.45, 7) is 0.764. The molecule has 1 amide bonds. The Bertz CT molecular complexity index is 1130. The van der Waals surface area contributed by atoms with Crippen LogP contribution in [0.5, 0.6) is 0 Å². The average Bonchev–Trinajstić information content (AvgIpc) is 2.83. The number of ether oxygens (including phenoxy) is 1. The van der Waals surface area contributed by atoms with Crippen LogP contribution in [-0.2, 0) is 11.3 Å². The number of nitrogens with zero attached hydrogens (tertiary/aromatic N) is 1. The van der Waals surface area contributed by atoms with E-state index in [1.54, 1.807) is 36.4 Å². The lowest BCUT2D eigenvalue weighted by Crippen LogP contribution is -2.51. The Hall–Kier alpha value is -3.71. The van der Waals surface area contributed by atoms with E-state index in [9.17, 15) is 24.2 Å². The summed E-state index contributed by atoms with van der Waals surface area (Å²) >= 11 is 0. The Morgan fingerprint density at radius 2 is 1.73 bits per heavy atom. The van der Waals surface area contributed by atoms with Crippen LogP contribution >= 0.6 is 0 Å². The molecule has 6 nitrogen and oxygen atoms in total. The lowest BCUT2D eigenvalue weighted by atomic mass is 9.87. The van der Waals surface area contributed by atoms with Crippen molar-refractivity contribution in [3.05, 3.63) is 95.3 Å². The smallest absolute Gasteiger partial charge is 0.336 e. The van der Waals surface area contributed by atoms with Gasteiger partial charge < -0.3 is 24.6 Å². The number of rotatable bonds is 6. The molecule has 1 fully saturated rings. The van der Waals surface area contributed by atoms with Crippen LogP contribution in [0.25, 0.3) is 11.1 Å². The Morgan fingerprint density at radius 3 is 2.39 bits per heavy atom. The van der Waals surface area contributed by atoms with Crippen molar-refractivity contribution in [2.75, 3.05) is 13.1 Å². The monoisotopic (exact) mass is 448 g/mol. The van der Waals surface area contributed by atoms with Crippen LogP contribution in [-0.4, -0.2) is 41.3 Å². The standard InChI is InChI=1S/C26H24FNO5/c27-20-11-9-19(10-12-20)22-13-14-28(26(31)32)15-24(22)33-16-17-5-7-18(8-6-17)21-3-1-2-4-23(21)25(29)30/h1-12,22,24H,13-16H2,(H,29,30)(H,31,32)/p-1. The van der Waals surface area contributed by atoms with E-state index in [1.807, 2.05) is 24.3 Å². The number of hydrogen-bond acceptors (Lipinski definition) is 4. The molecule has 0 saturated carbocycles. The van der Waals surface area contributed by atoms with Crippen molar-refractivity contribution in [3.63, 3.8) is 0 Å². The SMILES string of the molecule is O=C(O)c1ccccc1-c1ccc(COC2CN(C(=O)[O-])CCC2c2ccc(F)cc2)cc1. The lowest BCUT2D eigenvalue weighted by Gasteiger charge is -2.40. The van der Waals surface area contributed by atoms with E-state index in [1.165, 1.54) is 17.0 Å². The van der Waals surface area contributed by atoms with Gasteiger partial charge in [0.25, 0.3) is 0 Å². The summed E-state index contributed by atoms with van der Waals surface area (Å²) in [5.41, 5.74) is 3.41. The first kappa shape index (κ1) is 22.5. The van der Waals surface area contributed by atoms with Crippen LogP contribution in [0.2, 0.25) is 0 Å². The normalized spacial score (nSPS) is 18.2. The van der Waals surface area contributed by atoms with Crippen molar-refractivity contribution in [1.29, 1.82) is 0 Å². The van der Waals surface area contributed by atoms with Crippen LogP contribution in [0, 0.1) is 5.82 Å². The fourth-order valence-corrected chi connectivity index (χ4v) is 4.25. The third kappa shape index (κ3) is 5.21. The highest BCUT2D eigenvalue weighted by Crippen LogP contribution is 2.31. The van der Waals surface area contributed by atoms with Gasteiger partial charge >= 0.3 is 5.97 Å². The van der Waals surface area contributed by atoms with Gasteiger partial charge in [-0.05, 0) is 46.9 Å². The van der Waals surface area contributed by atoms with E-state index in [4.69, 9.17) is 4.74 Å². The zero-order valence-corrected chi connectivity index (χ0v) is 17.8. The lowest BCUT2D eigenvalue weighted by molar-refractivity contribution is -0.268. The number of carboxylic acids is 1. The average molecular weight is 448 g/mol. The summed E-state index contributed by atoms with van der Waals surface area (Å²) < 4.78 is 19.5. The van der Waals surface area contributed by atoms with Gasteiger partial charge in [0, 0.05) is 19.0 Å². The topological polar surface area (TPSA) is 89.9 Å². The molecular formula is C26H23FNO5-. The van der Waals surface area contributed by atoms with Crippen LogP contribution in [0.1, 0.15) is 33.8 Å². The fraction of sp³-hybridized carbons (Fsp3) is 0.231. The van der Waals surface area contributed by atoms with Gasteiger partial charge in [0.05, 0.1) is 18.3 Å². The highest BCUT2D eigenvalue weighted by Gasteiger charge is 2.31. The molecular weight excluding hydrogens is 425 g/mol. The second-order valence-electron chi connectivity index (χ2n) is 8.06. The summed E-state index contributed by atoms with van der Waals surface area (Å²) in [7, 11) is 0. The Kier molecular flexibility index (Phi) is 6.70. The molecule has 1 N–H and O–H groups in total. The first-order valence-electron chi connectivity index (χ1n) is 10.7. The summed E-state index contributed by atoms with van der Waals surface area (Å²) in [6, 6.07) is 20.4. The number of piperidine rings is 1. The number of hydrogen-bond donors (Lipinski definition) is 1. The molecule has 170 valence electrons. The molecule has 0 aromatic heterocycles. The van der Waals surface area contributed by atoms with Crippen molar-refractivity contribution in [2.24, 2.45) is 0 Å². The third-order valence-electron chi connectivity index (χ3n) is 6.00. The number of carbonyl (C=O) groups excluding carboxylic acids is 1. The predicted octanol–water partition coefficient (Wildman–Crippen LogP) is 3.91. The molecule has 33 heavy (non-hydrogen) atoms. The molecule has 0 spiro atoms. The van der Waals surface area contributed by atoms with E-state index in [0.29, 0.717) is 18.5 Å².